The van der Waals surface area contributed by atoms with Gasteiger partial charge in [-0.1, -0.05) is 23.8 Å². The van der Waals surface area contributed by atoms with Crippen LogP contribution in [0.25, 0.3) is 6.08 Å². The van der Waals surface area contributed by atoms with Crippen LogP contribution < -0.4 is 5.73 Å². The molecule has 0 unspecified atom stereocenters. The fraction of sp³-hybridized carbons (Fsp3) is 0.182. The summed E-state index contributed by atoms with van der Waals surface area (Å²) in [6.07, 6.45) is 3.12. The number of nitrogens with two attached hydrogens (primary N) is 1. The molecule has 0 saturated carbocycles. The minimum absolute atomic E-state index is 0.416. The molecule has 0 atom stereocenters. The number of aryl methyl sites for hydroxylation is 2. The van der Waals surface area contributed by atoms with Crippen molar-refractivity contribution in [3.05, 3.63) is 41.0 Å². The SMILES string of the molecule is Cc1ccc(C)c(/C=C/C(N)=O)c1. The van der Waals surface area contributed by atoms with Crippen LogP contribution in [0, 0.1) is 13.8 Å². The fourth-order valence-electron chi connectivity index (χ4n) is 1.11. The van der Waals surface area contributed by atoms with Crippen molar-refractivity contribution in [2.45, 2.75) is 13.8 Å². The first kappa shape index (κ1) is 9.52. The molecule has 0 aliphatic rings. The molecule has 2 nitrogen and oxygen atoms in total. The summed E-state index contributed by atoms with van der Waals surface area (Å²) in [6.45, 7) is 4.02. The normalized spacial score (nSPS) is 10.6. The largest absolute Gasteiger partial charge is 0.366 e. The Balaban J connectivity index is 3.00. The second-order valence-corrected chi connectivity index (χ2v) is 3.10. The maximum atomic E-state index is 10.5. The Morgan fingerprint density at radius 3 is 2.69 bits per heavy atom. The van der Waals surface area contributed by atoms with Crippen molar-refractivity contribution >= 4 is 12.0 Å². The third-order valence-electron chi connectivity index (χ3n) is 1.86. The van der Waals surface area contributed by atoms with Crippen LogP contribution in [0.4, 0.5) is 0 Å². The van der Waals surface area contributed by atoms with Crippen LogP contribution in [0.1, 0.15) is 16.7 Å². The Kier molecular flexibility index (Phi) is 2.85. The average Bonchev–Trinajstić information content (AvgIpc) is 2.06. The molecule has 1 aromatic carbocycles. The van der Waals surface area contributed by atoms with E-state index in [-0.39, 0.29) is 0 Å². The van der Waals surface area contributed by atoms with Crippen LogP contribution in [0.5, 0.6) is 0 Å². The summed E-state index contributed by atoms with van der Waals surface area (Å²) < 4.78 is 0. The predicted octanol–water partition coefficient (Wildman–Crippen LogP) is 1.80. The van der Waals surface area contributed by atoms with Crippen LogP contribution in [-0.4, -0.2) is 5.91 Å². The molecule has 0 aliphatic carbocycles. The number of benzene rings is 1. The molecule has 2 heteroatoms. The van der Waals surface area contributed by atoms with Crippen molar-refractivity contribution in [3.8, 4) is 0 Å². The Bertz CT molecular complexity index is 353. The molecule has 1 aromatic rings. The van der Waals surface area contributed by atoms with Crippen molar-refractivity contribution in [1.29, 1.82) is 0 Å². The van der Waals surface area contributed by atoms with Gasteiger partial charge in [0, 0.05) is 6.08 Å². The summed E-state index contributed by atoms with van der Waals surface area (Å²) in [7, 11) is 0. The number of rotatable bonds is 2. The van der Waals surface area contributed by atoms with Crippen LogP contribution in [-0.2, 0) is 4.79 Å². The number of primary amides is 1. The second-order valence-electron chi connectivity index (χ2n) is 3.10. The highest BCUT2D eigenvalue weighted by molar-refractivity contribution is 5.90. The minimum atomic E-state index is -0.416. The predicted molar refractivity (Wildman–Crippen MR) is 54.1 cm³/mol. The zero-order valence-electron chi connectivity index (χ0n) is 7.87. The Morgan fingerprint density at radius 1 is 1.38 bits per heavy atom. The van der Waals surface area contributed by atoms with E-state index in [9.17, 15) is 4.79 Å². The third kappa shape index (κ3) is 2.75. The number of hydrogen-bond donors (Lipinski definition) is 1. The number of amides is 1. The Morgan fingerprint density at radius 2 is 2.08 bits per heavy atom. The standard InChI is InChI=1S/C11H13NO/c1-8-3-4-9(2)10(7-8)5-6-11(12)13/h3-7H,1-2H3,(H2,12,13)/b6-5+. The van der Waals surface area contributed by atoms with Gasteiger partial charge in [-0.2, -0.15) is 0 Å². The van der Waals surface area contributed by atoms with Crippen LogP contribution in [0.3, 0.4) is 0 Å². The first-order valence-electron chi connectivity index (χ1n) is 4.14. The lowest BCUT2D eigenvalue weighted by atomic mass is 10.1. The van der Waals surface area contributed by atoms with Crippen molar-refractivity contribution < 1.29 is 4.79 Å². The summed E-state index contributed by atoms with van der Waals surface area (Å²) in [4.78, 5) is 10.5. The molecule has 0 aliphatic heterocycles. The lowest BCUT2D eigenvalue weighted by molar-refractivity contribution is -0.113. The highest BCUT2D eigenvalue weighted by atomic mass is 16.1. The van der Waals surface area contributed by atoms with E-state index in [4.69, 9.17) is 5.73 Å². The Labute approximate surface area is 78.1 Å². The van der Waals surface area contributed by atoms with Gasteiger partial charge in [0.25, 0.3) is 0 Å². The van der Waals surface area contributed by atoms with Crippen LogP contribution in [0.15, 0.2) is 24.3 Å². The van der Waals surface area contributed by atoms with E-state index in [1.54, 1.807) is 6.08 Å². The van der Waals surface area contributed by atoms with E-state index in [1.165, 1.54) is 11.6 Å². The quantitative estimate of drug-likeness (QED) is 0.684. The summed E-state index contributed by atoms with van der Waals surface area (Å²) in [5.74, 6) is -0.416. The zero-order chi connectivity index (χ0) is 9.84. The zero-order valence-corrected chi connectivity index (χ0v) is 7.87. The topological polar surface area (TPSA) is 43.1 Å². The summed E-state index contributed by atoms with van der Waals surface area (Å²) >= 11 is 0. The molecule has 2 N–H and O–H groups in total. The van der Waals surface area contributed by atoms with Crippen molar-refractivity contribution in [3.63, 3.8) is 0 Å². The highest BCUT2D eigenvalue weighted by Crippen LogP contribution is 2.11. The molecule has 0 bridgehead atoms. The van der Waals surface area contributed by atoms with Gasteiger partial charge in [-0.3, -0.25) is 4.79 Å². The summed E-state index contributed by atoms with van der Waals surface area (Å²) in [5.41, 5.74) is 8.36. The number of carbonyl (C=O) groups is 1. The van der Waals surface area contributed by atoms with Gasteiger partial charge in [-0.05, 0) is 31.1 Å². The Hall–Kier alpha value is -1.57. The first-order valence-corrected chi connectivity index (χ1v) is 4.14. The molecule has 0 fully saturated rings. The van der Waals surface area contributed by atoms with E-state index >= 15 is 0 Å². The second kappa shape index (κ2) is 3.90. The van der Waals surface area contributed by atoms with Gasteiger partial charge >= 0.3 is 0 Å². The highest BCUT2D eigenvalue weighted by Gasteiger charge is 1.94. The van der Waals surface area contributed by atoms with Crippen LogP contribution in [0.2, 0.25) is 0 Å². The van der Waals surface area contributed by atoms with Crippen molar-refractivity contribution in [1.82, 2.24) is 0 Å². The van der Waals surface area contributed by atoms with E-state index in [1.807, 2.05) is 32.0 Å². The molecule has 13 heavy (non-hydrogen) atoms. The van der Waals surface area contributed by atoms with Gasteiger partial charge in [-0.25, -0.2) is 0 Å². The molecule has 0 saturated heterocycles. The lowest BCUT2D eigenvalue weighted by Gasteiger charge is -2.00. The van der Waals surface area contributed by atoms with Gasteiger partial charge in [-0.15, -0.1) is 0 Å². The molecule has 1 rings (SSSR count). The lowest BCUT2D eigenvalue weighted by Crippen LogP contribution is -2.05. The molecule has 68 valence electrons. The van der Waals surface area contributed by atoms with Gasteiger partial charge in [0.05, 0.1) is 0 Å². The summed E-state index contributed by atoms with van der Waals surface area (Å²) in [6, 6.07) is 6.09. The van der Waals surface area contributed by atoms with Crippen molar-refractivity contribution in [2.75, 3.05) is 0 Å². The van der Waals surface area contributed by atoms with E-state index in [2.05, 4.69) is 0 Å². The molecular formula is C11H13NO. The van der Waals surface area contributed by atoms with Crippen molar-refractivity contribution in [2.24, 2.45) is 5.73 Å². The van der Waals surface area contributed by atoms with Gasteiger partial charge in [0.15, 0.2) is 0 Å². The van der Waals surface area contributed by atoms with Crippen LogP contribution >= 0.6 is 0 Å². The first-order chi connectivity index (χ1) is 6.09. The number of carbonyl (C=O) groups excluding carboxylic acids is 1. The fourth-order valence-corrected chi connectivity index (χ4v) is 1.11. The molecular weight excluding hydrogens is 162 g/mol. The molecule has 0 aromatic heterocycles. The van der Waals surface area contributed by atoms with Gasteiger partial charge in [0.1, 0.15) is 0 Å². The van der Waals surface area contributed by atoms with E-state index in [0.717, 1.165) is 11.1 Å². The average molecular weight is 175 g/mol. The molecule has 0 radical (unpaired) electrons. The molecule has 1 amide bonds. The van der Waals surface area contributed by atoms with E-state index < -0.39 is 5.91 Å². The maximum Gasteiger partial charge on any atom is 0.241 e. The smallest absolute Gasteiger partial charge is 0.241 e. The number of hydrogen-bond acceptors (Lipinski definition) is 1. The third-order valence-corrected chi connectivity index (χ3v) is 1.86. The molecule has 0 spiro atoms. The van der Waals surface area contributed by atoms with Gasteiger partial charge in [0.2, 0.25) is 5.91 Å². The van der Waals surface area contributed by atoms with E-state index in [0.29, 0.717) is 0 Å². The minimum Gasteiger partial charge on any atom is -0.366 e. The monoisotopic (exact) mass is 175 g/mol. The molecule has 0 heterocycles. The maximum absolute atomic E-state index is 10.5. The summed E-state index contributed by atoms with van der Waals surface area (Å²) in [5, 5.41) is 0. The van der Waals surface area contributed by atoms with Gasteiger partial charge < -0.3 is 5.73 Å².